The number of anilines is 1. The number of allylic oxidation sites excluding steroid dienone is 1. The van der Waals surface area contributed by atoms with Gasteiger partial charge >= 0.3 is 5.97 Å². The second kappa shape index (κ2) is 7.96. The monoisotopic (exact) mass is 425 g/mol. The Morgan fingerprint density at radius 2 is 2.07 bits per heavy atom. The van der Waals surface area contributed by atoms with Crippen LogP contribution in [0, 0.1) is 0 Å². The SMILES string of the molecule is CCOC(=O)C1=C(C)Nc2nc(SC)[nH]c(=O)c2C1c1ccc(Cl)c(Cl)c1. The number of esters is 1. The van der Waals surface area contributed by atoms with Gasteiger partial charge in [-0.25, -0.2) is 9.78 Å². The molecule has 27 heavy (non-hydrogen) atoms. The van der Waals surface area contributed by atoms with Crippen LogP contribution in [0.2, 0.25) is 10.0 Å². The van der Waals surface area contributed by atoms with Crippen molar-refractivity contribution in [3.63, 3.8) is 0 Å². The standard InChI is InChI=1S/C18H17Cl2N3O3S/c1-4-26-17(25)12-8(2)21-15-14(16(24)23-18(22-15)27-3)13(12)9-5-6-10(19)11(20)7-9/h5-7,13H,4H2,1-3H3,(H2,21,22,23,24). The molecule has 0 radical (unpaired) electrons. The molecule has 142 valence electrons. The second-order valence-corrected chi connectivity index (χ2v) is 7.44. The Morgan fingerprint density at radius 1 is 1.33 bits per heavy atom. The van der Waals surface area contributed by atoms with E-state index in [2.05, 4.69) is 15.3 Å². The zero-order valence-electron chi connectivity index (χ0n) is 14.9. The highest BCUT2D eigenvalue weighted by molar-refractivity contribution is 7.98. The highest BCUT2D eigenvalue weighted by Gasteiger charge is 2.36. The molecule has 2 N–H and O–H groups in total. The highest BCUT2D eigenvalue weighted by Crippen LogP contribution is 2.41. The maximum atomic E-state index is 12.8. The smallest absolute Gasteiger partial charge is 0.336 e. The predicted octanol–water partition coefficient (Wildman–Crippen LogP) is 4.19. The number of hydrogen-bond acceptors (Lipinski definition) is 6. The van der Waals surface area contributed by atoms with Crippen LogP contribution in [0.1, 0.15) is 30.9 Å². The van der Waals surface area contributed by atoms with Crippen molar-refractivity contribution >= 4 is 46.8 Å². The Labute approximate surface area is 170 Å². The molecule has 2 aromatic rings. The summed E-state index contributed by atoms with van der Waals surface area (Å²) < 4.78 is 5.22. The first kappa shape index (κ1) is 19.8. The van der Waals surface area contributed by atoms with E-state index < -0.39 is 11.9 Å². The lowest BCUT2D eigenvalue weighted by Gasteiger charge is -2.29. The largest absolute Gasteiger partial charge is 0.463 e. The number of carbonyl (C=O) groups excluding carboxylic acids is 1. The molecular formula is C18H17Cl2N3O3S. The van der Waals surface area contributed by atoms with Crippen molar-refractivity contribution < 1.29 is 9.53 Å². The summed E-state index contributed by atoms with van der Waals surface area (Å²) in [5.74, 6) is -0.774. The number of fused-ring (bicyclic) bond motifs is 1. The molecule has 0 bridgehead atoms. The van der Waals surface area contributed by atoms with E-state index in [0.717, 1.165) is 0 Å². The van der Waals surface area contributed by atoms with Crippen molar-refractivity contribution in [2.24, 2.45) is 0 Å². The number of thioether (sulfide) groups is 1. The maximum Gasteiger partial charge on any atom is 0.336 e. The Kier molecular flexibility index (Phi) is 5.83. The number of H-pyrrole nitrogens is 1. The molecule has 1 atom stereocenters. The van der Waals surface area contributed by atoms with Crippen LogP contribution in [0.15, 0.2) is 39.4 Å². The quantitative estimate of drug-likeness (QED) is 0.433. The minimum absolute atomic E-state index is 0.219. The van der Waals surface area contributed by atoms with E-state index in [1.807, 2.05) is 6.26 Å². The molecule has 3 rings (SSSR count). The lowest BCUT2D eigenvalue weighted by atomic mass is 9.82. The third-order valence-electron chi connectivity index (χ3n) is 4.19. The number of carbonyl (C=O) groups is 1. The fourth-order valence-corrected chi connectivity index (χ4v) is 3.72. The first-order chi connectivity index (χ1) is 12.9. The van der Waals surface area contributed by atoms with E-state index >= 15 is 0 Å². The molecule has 1 unspecified atom stereocenters. The number of nitrogens with zero attached hydrogens (tertiary/aromatic N) is 1. The molecule has 0 saturated heterocycles. The van der Waals surface area contributed by atoms with E-state index in [4.69, 9.17) is 27.9 Å². The molecule has 6 nitrogen and oxygen atoms in total. The Hall–Kier alpha value is -1.96. The zero-order valence-corrected chi connectivity index (χ0v) is 17.2. The van der Waals surface area contributed by atoms with Gasteiger partial charge in [-0.2, -0.15) is 0 Å². The molecule has 0 saturated carbocycles. The van der Waals surface area contributed by atoms with Gasteiger partial charge in [0.15, 0.2) is 5.16 Å². The number of ether oxygens (including phenoxy) is 1. The Bertz CT molecular complexity index is 1000. The van der Waals surface area contributed by atoms with Gasteiger partial charge in [0.05, 0.1) is 33.7 Å². The topological polar surface area (TPSA) is 84.1 Å². The van der Waals surface area contributed by atoms with Crippen molar-refractivity contribution in [3.8, 4) is 0 Å². The van der Waals surface area contributed by atoms with Crippen LogP contribution < -0.4 is 10.9 Å². The number of nitrogens with one attached hydrogen (secondary N) is 2. The number of hydrogen-bond donors (Lipinski definition) is 2. The third kappa shape index (κ3) is 3.72. The van der Waals surface area contributed by atoms with Gasteiger partial charge in [-0.1, -0.05) is 41.0 Å². The van der Waals surface area contributed by atoms with E-state index in [1.165, 1.54) is 11.8 Å². The summed E-state index contributed by atoms with van der Waals surface area (Å²) in [5.41, 5.74) is 1.56. The summed E-state index contributed by atoms with van der Waals surface area (Å²) in [6.45, 7) is 3.70. The van der Waals surface area contributed by atoms with Gasteiger partial charge in [0, 0.05) is 5.70 Å². The number of aromatic nitrogens is 2. The van der Waals surface area contributed by atoms with E-state index in [-0.39, 0.29) is 12.2 Å². The number of halogens is 2. The summed E-state index contributed by atoms with van der Waals surface area (Å²) in [4.78, 5) is 32.7. The number of aromatic amines is 1. The molecule has 0 aliphatic carbocycles. The van der Waals surface area contributed by atoms with Crippen LogP contribution in [-0.4, -0.2) is 28.8 Å². The minimum Gasteiger partial charge on any atom is -0.463 e. The Balaban J connectivity index is 2.28. The van der Waals surface area contributed by atoms with Gasteiger partial charge in [-0.3, -0.25) is 4.79 Å². The van der Waals surface area contributed by atoms with E-state index in [9.17, 15) is 9.59 Å². The zero-order chi connectivity index (χ0) is 19.7. The fraction of sp³-hybridized carbons (Fsp3) is 0.278. The van der Waals surface area contributed by atoms with E-state index in [0.29, 0.717) is 43.4 Å². The Morgan fingerprint density at radius 3 is 2.70 bits per heavy atom. The molecule has 0 spiro atoms. The van der Waals surface area contributed by atoms with Crippen molar-refractivity contribution in [3.05, 3.63) is 61.0 Å². The van der Waals surface area contributed by atoms with Crippen LogP contribution in [0.25, 0.3) is 0 Å². The first-order valence-electron chi connectivity index (χ1n) is 8.15. The van der Waals surface area contributed by atoms with Crippen LogP contribution in [0.4, 0.5) is 5.82 Å². The summed E-state index contributed by atoms with van der Waals surface area (Å²) in [6, 6.07) is 5.03. The summed E-state index contributed by atoms with van der Waals surface area (Å²) in [7, 11) is 0. The third-order valence-corrected chi connectivity index (χ3v) is 5.51. The van der Waals surface area contributed by atoms with Gasteiger partial charge in [0.1, 0.15) is 5.82 Å². The van der Waals surface area contributed by atoms with Crippen molar-refractivity contribution in [2.75, 3.05) is 18.2 Å². The summed E-state index contributed by atoms with van der Waals surface area (Å²) in [6.07, 6.45) is 1.82. The van der Waals surface area contributed by atoms with Crippen LogP contribution >= 0.6 is 35.0 Å². The van der Waals surface area contributed by atoms with Crippen molar-refractivity contribution in [1.29, 1.82) is 0 Å². The lowest BCUT2D eigenvalue weighted by Crippen LogP contribution is -2.31. The first-order valence-corrected chi connectivity index (χ1v) is 10.1. The average molecular weight is 426 g/mol. The lowest BCUT2D eigenvalue weighted by molar-refractivity contribution is -0.138. The molecule has 1 aliphatic heterocycles. The van der Waals surface area contributed by atoms with Crippen LogP contribution in [0.5, 0.6) is 0 Å². The minimum atomic E-state index is -0.678. The molecule has 1 aliphatic rings. The number of benzene rings is 1. The highest BCUT2D eigenvalue weighted by atomic mass is 35.5. The normalized spacial score (nSPS) is 16.0. The van der Waals surface area contributed by atoms with Crippen LogP contribution in [0.3, 0.4) is 0 Å². The molecule has 9 heteroatoms. The molecule has 0 fully saturated rings. The van der Waals surface area contributed by atoms with Gasteiger partial charge in [0.25, 0.3) is 5.56 Å². The average Bonchev–Trinajstić information content (AvgIpc) is 2.62. The van der Waals surface area contributed by atoms with Gasteiger partial charge < -0.3 is 15.0 Å². The second-order valence-electron chi connectivity index (χ2n) is 5.83. The molecule has 2 heterocycles. The molecular weight excluding hydrogens is 409 g/mol. The van der Waals surface area contributed by atoms with Gasteiger partial charge in [0.2, 0.25) is 0 Å². The maximum absolute atomic E-state index is 12.8. The number of rotatable bonds is 4. The molecule has 0 amide bonds. The van der Waals surface area contributed by atoms with Crippen molar-refractivity contribution in [1.82, 2.24) is 9.97 Å². The predicted molar refractivity (Wildman–Crippen MR) is 108 cm³/mol. The van der Waals surface area contributed by atoms with Gasteiger partial charge in [-0.05, 0) is 37.8 Å². The fourth-order valence-electron chi connectivity index (χ4n) is 3.03. The summed E-state index contributed by atoms with van der Waals surface area (Å²) in [5, 5.41) is 4.26. The summed E-state index contributed by atoms with van der Waals surface area (Å²) >= 11 is 13.5. The van der Waals surface area contributed by atoms with Crippen molar-refractivity contribution in [2.45, 2.75) is 24.9 Å². The van der Waals surface area contributed by atoms with Gasteiger partial charge in [-0.15, -0.1) is 0 Å². The van der Waals surface area contributed by atoms with Crippen LogP contribution in [-0.2, 0) is 9.53 Å². The molecule has 1 aromatic heterocycles. The molecule has 1 aromatic carbocycles. The van der Waals surface area contributed by atoms with E-state index in [1.54, 1.807) is 32.0 Å².